The van der Waals surface area contributed by atoms with Gasteiger partial charge in [0.05, 0.1) is 6.26 Å². The summed E-state index contributed by atoms with van der Waals surface area (Å²) in [6.07, 6.45) is 3.29. The van der Waals surface area contributed by atoms with E-state index in [1.165, 1.54) is 22.7 Å². The topological polar surface area (TPSA) is 79.0 Å². The molecule has 1 aromatic rings. The number of hydrogen-bond acceptors (Lipinski definition) is 4. The smallest absolute Gasteiger partial charge is 0.318 e. The zero-order valence-electron chi connectivity index (χ0n) is 15.4. The summed E-state index contributed by atoms with van der Waals surface area (Å²) in [6.45, 7) is 2.22. The molecule has 0 spiro atoms. The van der Waals surface area contributed by atoms with Crippen LogP contribution in [0.3, 0.4) is 0 Å². The minimum absolute atomic E-state index is 0.0245. The number of carbonyl (C=O) groups is 1. The van der Waals surface area contributed by atoms with Crippen LogP contribution >= 0.6 is 0 Å². The Kier molecular flexibility index (Phi) is 6.33. The highest BCUT2D eigenvalue weighted by molar-refractivity contribution is 7.88. The van der Waals surface area contributed by atoms with Crippen molar-refractivity contribution in [3.8, 4) is 0 Å². The van der Waals surface area contributed by atoms with Gasteiger partial charge in [0.15, 0.2) is 0 Å². The second kappa shape index (κ2) is 8.53. The van der Waals surface area contributed by atoms with E-state index < -0.39 is 10.0 Å². The van der Waals surface area contributed by atoms with Gasteiger partial charge in [-0.15, -0.1) is 0 Å². The molecule has 27 heavy (non-hydrogen) atoms. The van der Waals surface area contributed by atoms with Crippen LogP contribution < -0.4 is 5.32 Å². The number of ether oxygens (including phenoxy) is 1. The maximum atomic E-state index is 13.0. The van der Waals surface area contributed by atoms with Crippen LogP contribution in [-0.4, -0.2) is 68.3 Å². The van der Waals surface area contributed by atoms with Gasteiger partial charge >= 0.3 is 6.03 Å². The zero-order valence-corrected chi connectivity index (χ0v) is 16.3. The molecule has 0 aromatic heterocycles. The molecule has 9 heteroatoms. The molecule has 2 aliphatic rings. The van der Waals surface area contributed by atoms with Crippen LogP contribution in [0.25, 0.3) is 0 Å². The number of nitrogens with zero attached hydrogens (tertiary/aromatic N) is 2. The van der Waals surface area contributed by atoms with Gasteiger partial charge in [0, 0.05) is 44.9 Å². The first-order chi connectivity index (χ1) is 12.8. The molecule has 0 aliphatic carbocycles. The highest BCUT2D eigenvalue weighted by Crippen LogP contribution is 2.24. The second-order valence-electron chi connectivity index (χ2n) is 7.10. The van der Waals surface area contributed by atoms with Gasteiger partial charge in [-0.2, -0.15) is 0 Å². The standard InChI is InChI=1S/C18H26FN3O4S/c1-27(24,25)21-9-6-17(13-21)22(16-7-10-26-11-8-16)18(23)20-12-14-2-4-15(19)5-3-14/h2-5,16-17H,6-13H2,1H3,(H,20,23). The molecule has 2 aliphatic heterocycles. The molecule has 150 valence electrons. The van der Waals surface area contributed by atoms with Crippen molar-refractivity contribution in [2.75, 3.05) is 32.6 Å². The highest BCUT2D eigenvalue weighted by atomic mass is 32.2. The Bertz CT molecular complexity index is 750. The van der Waals surface area contributed by atoms with E-state index in [1.807, 2.05) is 0 Å². The molecule has 2 amide bonds. The van der Waals surface area contributed by atoms with Crippen molar-refractivity contribution >= 4 is 16.1 Å². The second-order valence-corrected chi connectivity index (χ2v) is 9.08. The van der Waals surface area contributed by atoms with Crippen LogP contribution in [0.4, 0.5) is 9.18 Å². The average molecular weight is 399 g/mol. The van der Waals surface area contributed by atoms with E-state index in [4.69, 9.17) is 4.74 Å². The number of urea groups is 1. The van der Waals surface area contributed by atoms with Crippen LogP contribution in [0.5, 0.6) is 0 Å². The van der Waals surface area contributed by atoms with Crippen molar-refractivity contribution in [3.05, 3.63) is 35.6 Å². The number of sulfonamides is 1. The van der Waals surface area contributed by atoms with E-state index in [2.05, 4.69) is 5.32 Å². The van der Waals surface area contributed by atoms with Gasteiger partial charge in [-0.25, -0.2) is 21.9 Å². The minimum atomic E-state index is -3.27. The number of benzene rings is 1. The minimum Gasteiger partial charge on any atom is -0.381 e. The fourth-order valence-electron chi connectivity index (χ4n) is 3.70. The summed E-state index contributed by atoms with van der Waals surface area (Å²) < 4.78 is 43.6. The normalized spacial score (nSPS) is 21.9. The van der Waals surface area contributed by atoms with Crippen molar-refractivity contribution in [3.63, 3.8) is 0 Å². The third-order valence-electron chi connectivity index (χ3n) is 5.16. The quantitative estimate of drug-likeness (QED) is 0.815. The van der Waals surface area contributed by atoms with E-state index in [9.17, 15) is 17.6 Å². The largest absolute Gasteiger partial charge is 0.381 e. The Morgan fingerprint density at radius 2 is 1.89 bits per heavy atom. The molecule has 1 unspecified atom stereocenters. The first-order valence-electron chi connectivity index (χ1n) is 9.18. The summed E-state index contributed by atoms with van der Waals surface area (Å²) in [5, 5.41) is 2.90. The van der Waals surface area contributed by atoms with Crippen molar-refractivity contribution < 1.29 is 22.3 Å². The number of nitrogens with one attached hydrogen (secondary N) is 1. The van der Waals surface area contributed by atoms with Crippen LogP contribution in [-0.2, 0) is 21.3 Å². The van der Waals surface area contributed by atoms with Gasteiger partial charge in [-0.1, -0.05) is 12.1 Å². The van der Waals surface area contributed by atoms with Gasteiger partial charge in [0.1, 0.15) is 5.82 Å². The Balaban J connectivity index is 1.69. The van der Waals surface area contributed by atoms with Gasteiger partial charge in [-0.3, -0.25) is 0 Å². The molecular weight excluding hydrogens is 373 g/mol. The monoisotopic (exact) mass is 399 g/mol. The highest BCUT2D eigenvalue weighted by Gasteiger charge is 2.38. The molecular formula is C18H26FN3O4S. The Morgan fingerprint density at radius 1 is 1.22 bits per heavy atom. The number of amides is 2. The molecule has 1 atom stereocenters. The molecule has 0 radical (unpaired) electrons. The van der Waals surface area contributed by atoms with E-state index in [0.717, 1.165) is 18.4 Å². The molecule has 2 heterocycles. The van der Waals surface area contributed by atoms with Crippen LogP contribution in [0, 0.1) is 5.82 Å². The summed E-state index contributed by atoms with van der Waals surface area (Å²) in [5.41, 5.74) is 0.806. The molecule has 0 bridgehead atoms. The van der Waals surface area contributed by atoms with E-state index in [0.29, 0.717) is 39.3 Å². The number of rotatable bonds is 5. The summed E-state index contributed by atoms with van der Waals surface area (Å²) in [5.74, 6) is -0.319. The maximum absolute atomic E-state index is 13.0. The first-order valence-corrected chi connectivity index (χ1v) is 11.0. The molecule has 3 rings (SSSR count). The number of halogens is 1. The molecule has 1 N–H and O–H groups in total. The number of carbonyl (C=O) groups excluding carboxylic acids is 1. The van der Waals surface area contributed by atoms with Crippen molar-refractivity contribution in [2.45, 2.75) is 37.9 Å². The van der Waals surface area contributed by atoms with E-state index in [1.54, 1.807) is 17.0 Å². The van der Waals surface area contributed by atoms with Gasteiger partial charge in [-0.05, 0) is 37.0 Å². The van der Waals surface area contributed by atoms with Crippen LogP contribution in [0.15, 0.2) is 24.3 Å². The van der Waals surface area contributed by atoms with Crippen molar-refractivity contribution in [2.24, 2.45) is 0 Å². The fraction of sp³-hybridized carbons (Fsp3) is 0.611. The SMILES string of the molecule is CS(=O)(=O)N1CCC(N(C(=O)NCc2ccc(F)cc2)C2CCOCC2)C1. The molecule has 2 saturated heterocycles. The molecule has 1 aromatic carbocycles. The first kappa shape index (κ1) is 20.0. The van der Waals surface area contributed by atoms with Gasteiger partial charge in [0.25, 0.3) is 0 Å². The van der Waals surface area contributed by atoms with E-state index >= 15 is 0 Å². The van der Waals surface area contributed by atoms with Gasteiger partial charge < -0.3 is 15.0 Å². The maximum Gasteiger partial charge on any atom is 0.318 e. The summed E-state index contributed by atoms with van der Waals surface area (Å²) in [4.78, 5) is 14.8. The third kappa shape index (κ3) is 5.18. The predicted molar refractivity (Wildman–Crippen MR) is 99.1 cm³/mol. The Hall–Kier alpha value is -1.71. The van der Waals surface area contributed by atoms with Crippen molar-refractivity contribution in [1.29, 1.82) is 0 Å². The molecule has 7 nitrogen and oxygen atoms in total. The van der Waals surface area contributed by atoms with Crippen LogP contribution in [0.1, 0.15) is 24.8 Å². The summed E-state index contributed by atoms with van der Waals surface area (Å²) in [7, 11) is -3.27. The summed E-state index contributed by atoms with van der Waals surface area (Å²) >= 11 is 0. The summed E-state index contributed by atoms with van der Waals surface area (Å²) in [6, 6.07) is 5.64. The van der Waals surface area contributed by atoms with E-state index in [-0.39, 0.29) is 23.9 Å². The lowest BCUT2D eigenvalue weighted by atomic mass is 10.0. The lowest BCUT2D eigenvalue weighted by molar-refractivity contribution is 0.0348. The van der Waals surface area contributed by atoms with Crippen LogP contribution in [0.2, 0.25) is 0 Å². The van der Waals surface area contributed by atoms with Gasteiger partial charge in [0.2, 0.25) is 10.0 Å². The Labute approximate surface area is 159 Å². The predicted octanol–water partition coefficient (Wildman–Crippen LogP) is 1.55. The molecule has 0 saturated carbocycles. The third-order valence-corrected chi connectivity index (χ3v) is 6.43. The average Bonchev–Trinajstić information content (AvgIpc) is 3.12. The fourth-order valence-corrected chi connectivity index (χ4v) is 4.58. The van der Waals surface area contributed by atoms with Crippen molar-refractivity contribution in [1.82, 2.24) is 14.5 Å². The number of hydrogen-bond donors (Lipinski definition) is 1. The Morgan fingerprint density at radius 3 is 2.48 bits per heavy atom. The lowest BCUT2D eigenvalue weighted by Gasteiger charge is -2.38. The molecule has 2 fully saturated rings. The lowest BCUT2D eigenvalue weighted by Crippen LogP contribution is -2.54. The zero-order chi connectivity index (χ0) is 19.4.